The van der Waals surface area contributed by atoms with Gasteiger partial charge in [-0.2, -0.15) is 0 Å². The second-order valence-electron chi connectivity index (χ2n) is 5.68. The molecule has 1 saturated heterocycles. The molecule has 0 spiro atoms. The standard InChI is InChI=1S/C19H13BrClNO6S/c1-27-14-6-10(13(20)8-15(14)28-9-17(23)24)7-16-18(25)22(19(26)29-16)12-4-2-11(21)3-5-12/h2-8H,9H2,1H3,(H,23,24)/p-1/b16-7-. The van der Waals surface area contributed by atoms with Gasteiger partial charge in [0.1, 0.15) is 6.61 Å². The molecule has 0 N–H and O–H groups in total. The monoisotopic (exact) mass is 496 g/mol. The van der Waals surface area contributed by atoms with Crippen LogP contribution in [0.4, 0.5) is 10.5 Å². The molecule has 3 rings (SSSR count). The van der Waals surface area contributed by atoms with Crippen LogP contribution in [-0.2, 0) is 9.59 Å². The first-order chi connectivity index (χ1) is 13.8. The lowest BCUT2D eigenvalue weighted by atomic mass is 10.1. The molecule has 0 aliphatic carbocycles. The number of nitrogens with zero attached hydrogens (tertiary/aromatic N) is 1. The highest BCUT2D eigenvalue weighted by Gasteiger charge is 2.36. The average Bonchev–Trinajstić information content (AvgIpc) is 2.95. The van der Waals surface area contributed by atoms with Crippen molar-refractivity contribution in [3.8, 4) is 11.5 Å². The molecule has 0 radical (unpaired) electrons. The van der Waals surface area contributed by atoms with Crippen LogP contribution in [0.3, 0.4) is 0 Å². The van der Waals surface area contributed by atoms with Crippen molar-refractivity contribution in [2.45, 2.75) is 0 Å². The van der Waals surface area contributed by atoms with Gasteiger partial charge in [-0.05, 0) is 59.8 Å². The molecular formula is C19H12BrClNO6S-. The number of carbonyl (C=O) groups excluding carboxylic acids is 3. The normalized spacial score (nSPS) is 15.1. The second-order valence-corrected chi connectivity index (χ2v) is 7.96. The predicted molar refractivity (Wildman–Crippen MR) is 111 cm³/mol. The Morgan fingerprint density at radius 2 is 1.93 bits per heavy atom. The van der Waals surface area contributed by atoms with Crippen molar-refractivity contribution in [2.75, 3.05) is 18.6 Å². The Bertz CT molecular complexity index is 1020. The van der Waals surface area contributed by atoms with Crippen LogP contribution in [-0.4, -0.2) is 30.8 Å². The van der Waals surface area contributed by atoms with E-state index < -0.39 is 23.7 Å². The summed E-state index contributed by atoms with van der Waals surface area (Å²) in [7, 11) is 1.40. The van der Waals surface area contributed by atoms with E-state index >= 15 is 0 Å². The number of benzene rings is 2. The van der Waals surface area contributed by atoms with Crippen molar-refractivity contribution in [3.05, 3.63) is 56.4 Å². The zero-order valence-corrected chi connectivity index (χ0v) is 18.0. The third-order valence-electron chi connectivity index (χ3n) is 3.79. The van der Waals surface area contributed by atoms with Crippen LogP contribution in [0, 0.1) is 0 Å². The number of rotatable bonds is 6. The number of hydrogen-bond acceptors (Lipinski definition) is 7. The van der Waals surface area contributed by atoms with E-state index in [0.29, 0.717) is 20.7 Å². The number of carboxylic acids is 1. The molecule has 1 aliphatic rings. The Hall–Kier alpha value is -2.49. The average molecular weight is 498 g/mol. The lowest BCUT2D eigenvalue weighted by Crippen LogP contribution is -2.29. The number of methoxy groups -OCH3 is 1. The van der Waals surface area contributed by atoms with Gasteiger partial charge in [0, 0.05) is 9.50 Å². The molecule has 0 atom stereocenters. The maximum atomic E-state index is 12.8. The van der Waals surface area contributed by atoms with Gasteiger partial charge in [0.05, 0.1) is 23.7 Å². The fraction of sp³-hybridized carbons (Fsp3) is 0.105. The zero-order valence-electron chi connectivity index (χ0n) is 14.8. The van der Waals surface area contributed by atoms with Gasteiger partial charge in [0.15, 0.2) is 11.5 Å². The summed E-state index contributed by atoms with van der Waals surface area (Å²) in [6, 6.07) is 9.43. The van der Waals surface area contributed by atoms with Crippen molar-refractivity contribution >= 4 is 68.2 Å². The summed E-state index contributed by atoms with van der Waals surface area (Å²) >= 11 is 10.0. The third kappa shape index (κ3) is 4.75. The molecule has 2 amide bonds. The minimum Gasteiger partial charge on any atom is -0.546 e. The Morgan fingerprint density at radius 3 is 2.55 bits per heavy atom. The number of carboxylic acid groups (broad SMARTS) is 1. The second kappa shape index (κ2) is 8.89. The molecule has 0 saturated carbocycles. The fourth-order valence-electron chi connectivity index (χ4n) is 2.49. The van der Waals surface area contributed by atoms with Gasteiger partial charge in [0.25, 0.3) is 11.1 Å². The van der Waals surface area contributed by atoms with Crippen LogP contribution in [0.15, 0.2) is 45.8 Å². The van der Waals surface area contributed by atoms with Crippen LogP contribution in [0.5, 0.6) is 11.5 Å². The molecule has 1 heterocycles. The molecule has 7 nitrogen and oxygen atoms in total. The SMILES string of the molecule is COc1cc(/C=C2\SC(=O)N(c3ccc(Cl)cc3)C2=O)c(Br)cc1OCC(=O)[O-]. The Kier molecular flexibility index (Phi) is 6.51. The van der Waals surface area contributed by atoms with Gasteiger partial charge < -0.3 is 19.4 Å². The van der Waals surface area contributed by atoms with Crippen LogP contribution in [0.25, 0.3) is 6.08 Å². The first-order valence-corrected chi connectivity index (χ1v) is 10.0. The van der Waals surface area contributed by atoms with Gasteiger partial charge in [-0.15, -0.1) is 0 Å². The molecular weight excluding hydrogens is 486 g/mol. The minimum absolute atomic E-state index is 0.190. The molecule has 29 heavy (non-hydrogen) atoms. The molecule has 150 valence electrons. The van der Waals surface area contributed by atoms with Crippen molar-refractivity contribution in [2.24, 2.45) is 0 Å². The van der Waals surface area contributed by atoms with Gasteiger partial charge >= 0.3 is 0 Å². The smallest absolute Gasteiger partial charge is 0.298 e. The highest BCUT2D eigenvalue weighted by molar-refractivity contribution is 9.10. The first kappa shape index (κ1) is 21.2. The molecule has 0 aromatic heterocycles. The van der Waals surface area contributed by atoms with Crippen LogP contribution >= 0.6 is 39.3 Å². The van der Waals surface area contributed by atoms with Gasteiger partial charge in [-0.25, -0.2) is 4.90 Å². The summed E-state index contributed by atoms with van der Waals surface area (Å²) in [5.74, 6) is -1.39. The fourth-order valence-corrected chi connectivity index (χ4v) is 3.89. The number of ether oxygens (including phenoxy) is 2. The van der Waals surface area contributed by atoms with Gasteiger partial charge in [-0.3, -0.25) is 9.59 Å². The van der Waals surface area contributed by atoms with Crippen molar-refractivity contribution in [1.82, 2.24) is 0 Å². The molecule has 0 unspecified atom stereocenters. The van der Waals surface area contributed by atoms with E-state index in [2.05, 4.69) is 15.9 Å². The summed E-state index contributed by atoms with van der Waals surface area (Å²) in [6.07, 6.45) is 1.54. The van der Waals surface area contributed by atoms with E-state index in [0.717, 1.165) is 16.7 Å². The zero-order chi connectivity index (χ0) is 21.1. The van der Waals surface area contributed by atoms with E-state index in [1.54, 1.807) is 30.3 Å². The number of hydrogen-bond donors (Lipinski definition) is 0. The largest absolute Gasteiger partial charge is 0.546 e. The number of anilines is 1. The highest BCUT2D eigenvalue weighted by atomic mass is 79.9. The number of imide groups is 1. The predicted octanol–water partition coefficient (Wildman–Crippen LogP) is 3.48. The Morgan fingerprint density at radius 1 is 1.24 bits per heavy atom. The van der Waals surface area contributed by atoms with E-state index in [9.17, 15) is 19.5 Å². The van der Waals surface area contributed by atoms with Crippen LogP contribution in [0.1, 0.15) is 5.56 Å². The van der Waals surface area contributed by atoms with E-state index in [4.69, 9.17) is 21.1 Å². The van der Waals surface area contributed by atoms with Crippen LogP contribution in [0.2, 0.25) is 5.02 Å². The number of thioether (sulfide) groups is 1. The molecule has 10 heteroatoms. The summed E-state index contributed by atoms with van der Waals surface area (Å²) in [5.41, 5.74) is 0.965. The maximum absolute atomic E-state index is 12.8. The summed E-state index contributed by atoms with van der Waals surface area (Å²) < 4.78 is 10.9. The van der Waals surface area contributed by atoms with Crippen molar-refractivity contribution in [1.29, 1.82) is 0 Å². The molecule has 2 aromatic rings. The van der Waals surface area contributed by atoms with Crippen molar-refractivity contribution < 1.29 is 29.0 Å². The molecule has 1 fully saturated rings. The molecule has 1 aliphatic heterocycles. The highest BCUT2D eigenvalue weighted by Crippen LogP contribution is 2.39. The quantitative estimate of drug-likeness (QED) is 0.564. The summed E-state index contributed by atoms with van der Waals surface area (Å²) in [6.45, 7) is -0.637. The lowest BCUT2D eigenvalue weighted by molar-refractivity contribution is -0.307. The third-order valence-corrected chi connectivity index (χ3v) is 5.60. The number of carbonyl (C=O) groups is 3. The number of aliphatic carboxylic acids is 1. The Labute approximate surface area is 183 Å². The lowest BCUT2D eigenvalue weighted by Gasteiger charge is -2.13. The maximum Gasteiger partial charge on any atom is 0.298 e. The minimum atomic E-state index is -1.37. The molecule has 2 aromatic carbocycles. The first-order valence-electron chi connectivity index (χ1n) is 8.04. The van der Waals surface area contributed by atoms with Gasteiger partial charge in [0.2, 0.25) is 0 Å². The summed E-state index contributed by atoms with van der Waals surface area (Å²) in [4.78, 5) is 37.0. The van der Waals surface area contributed by atoms with Gasteiger partial charge in [-0.1, -0.05) is 27.5 Å². The van der Waals surface area contributed by atoms with E-state index in [-0.39, 0.29) is 16.4 Å². The number of amides is 2. The number of halogens is 2. The molecule has 0 bridgehead atoms. The van der Waals surface area contributed by atoms with Crippen molar-refractivity contribution in [3.63, 3.8) is 0 Å². The Balaban J connectivity index is 1.91. The van der Waals surface area contributed by atoms with Crippen LogP contribution < -0.4 is 19.5 Å². The topological polar surface area (TPSA) is 96.0 Å². The summed E-state index contributed by atoms with van der Waals surface area (Å²) in [5, 5.41) is 10.7. The van der Waals surface area contributed by atoms with E-state index in [1.807, 2.05) is 0 Å². The van der Waals surface area contributed by atoms with E-state index in [1.165, 1.54) is 19.3 Å².